The molecular formula is C9H14N2O2. The van der Waals surface area contributed by atoms with Crippen molar-refractivity contribution in [3.63, 3.8) is 0 Å². The first-order valence-corrected chi connectivity index (χ1v) is 4.02. The van der Waals surface area contributed by atoms with Gasteiger partial charge in [-0.25, -0.2) is 4.98 Å². The van der Waals surface area contributed by atoms with E-state index in [0.29, 0.717) is 11.6 Å². The molecule has 0 aliphatic heterocycles. The van der Waals surface area contributed by atoms with Crippen LogP contribution in [0.5, 0.6) is 11.6 Å². The zero-order valence-electron chi connectivity index (χ0n) is 8.07. The summed E-state index contributed by atoms with van der Waals surface area (Å²) in [5.74, 6) is 1.24. The number of rotatable bonds is 3. The number of ether oxygens (including phenoxy) is 2. The van der Waals surface area contributed by atoms with E-state index in [-0.39, 0.29) is 6.04 Å². The maximum Gasteiger partial charge on any atom is 0.213 e. The van der Waals surface area contributed by atoms with E-state index in [1.807, 2.05) is 6.92 Å². The van der Waals surface area contributed by atoms with Gasteiger partial charge in [-0.2, -0.15) is 0 Å². The van der Waals surface area contributed by atoms with Crippen molar-refractivity contribution in [3.8, 4) is 11.6 Å². The summed E-state index contributed by atoms with van der Waals surface area (Å²) >= 11 is 0. The van der Waals surface area contributed by atoms with Crippen molar-refractivity contribution in [1.82, 2.24) is 4.98 Å². The summed E-state index contributed by atoms with van der Waals surface area (Å²) in [5.41, 5.74) is 6.65. The zero-order valence-corrected chi connectivity index (χ0v) is 8.07. The Labute approximate surface area is 77.7 Å². The molecule has 4 nitrogen and oxygen atoms in total. The summed E-state index contributed by atoms with van der Waals surface area (Å²) in [7, 11) is 3.16. The van der Waals surface area contributed by atoms with E-state index in [4.69, 9.17) is 15.2 Å². The first kappa shape index (κ1) is 9.80. The van der Waals surface area contributed by atoms with E-state index in [2.05, 4.69) is 4.98 Å². The summed E-state index contributed by atoms with van der Waals surface area (Å²) in [6, 6.07) is 1.69. The van der Waals surface area contributed by atoms with Crippen LogP contribution < -0.4 is 15.2 Å². The zero-order chi connectivity index (χ0) is 9.84. The second kappa shape index (κ2) is 4.09. The lowest BCUT2D eigenvalue weighted by molar-refractivity contribution is 0.382. The molecule has 0 saturated carbocycles. The van der Waals surface area contributed by atoms with Gasteiger partial charge in [0.25, 0.3) is 0 Å². The molecule has 1 aromatic rings. The summed E-state index contributed by atoms with van der Waals surface area (Å²) in [6.45, 7) is 1.89. The highest BCUT2D eigenvalue weighted by atomic mass is 16.5. The number of hydrogen-bond acceptors (Lipinski definition) is 4. The van der Waals surface area contributed by atoms with Gasteiger partial charge >= 0.3 is 0 Å². The lowest BCUT2D eigenvalue weighted by atomic mass is 10.1. The Bertz CT molecular complexity index is 287. The maximum absolute atomic E-state index is 5.75. The Morgan fingerprint density at radius 3 is 2.54 bits per heavy atom. The normalized spacial score (nSPS) is 12.3. The average Bonchev–Trinajstić information content (AvgIpc) is 2.16. The van der Waals surface area contributed by atoms with Gasteiger partial charge in [0.05, 0.1) is 20.4 Å². The molecule has 4 heteroatoms. The third-order valence-corrected chi connectivity index (χ3v) is 1.79. The van der Waals surface area contributed by atoms with Gasteiger partial charge in [0.2, 0.25) is 5.88 Å². The monoisotopic (exact) mass is 182 g/mol. The van der Waals surface area contributed by atoms with Gasteiger partial charge in [-0.3, -0.25) is 0 Å². The number of hydrogen-bond donors (Lipinski definition) is 1. The SMILES string of the molecule is COc1cc(C(C)N)c(OC)cn1. The highest BCUT2D eigenvalue weighted by Gasteiger charge is 2.09. The molecule has 1 rings (SSSR count). The summed E-state index contributed by atoms with van der Waals surface area (Å²) in [4.78, 5) is 4.01. The van der Waals surface area contributed by atoms with E-state index in [9.17, 15) is 0 Å². The molecule has 0 aromatic carbocycles. The first-order valence-electron chi connectivity index (χ1n) is 4.02. The molecule has 1 heterocycles. The highest BCUT2D eigenvalue weighted by Crippen LogP contribution is 2.25. The topological polar surface area (TPSA) is 57.4 Å². The lowest BCUT2D eigenvalue weighted by Crippen LogP contribution is -2.07. The molecule has 0 aliphatic rings. The lowest BCUT2D eigenvalue weighted by Gasteiger charge is -2.11. The third kappa shape index (κ3) is 2.09. The van der Waals surface area contributed by atoms with Crippen LogP contribution in [0.15, 0.2) is 12.3 Å². The van der Waals surface area contributed by atoms with Gasteiger partial charge in [0.1, 0.15) is 5.75 Å². The minimum Gasteiger partial charge on any atom is -0.495 e. The highest BCUT2D eigenvalue weighted by molar-refractivity contribution is 5.36. The van der Waals surface area contributed by atoms with Crippen LogP contribution in [0, 0.1) is 0 Å². The molecule has 0 amide bonds. The molecule has 0 saturated heterocycles. The van der Waals surface area contributed by atoms with Crippen LogP contribution in [0.2, 0.25) is 0 Å². The van der Waals surface area contributed by atoms with E-state index < -0.39 is 0 Å². The minimum absolute atomic E-state index is 0.0909. The fourth-order valence-electron chi connectivity index (χ4n) is 1.08. The molecular weight excluding hydrogens is 168 g/mol. The van der Waals surface area contributed by atoms with Crippen LogP contribution in [-0.2, 0) is 0 Å². The Balaban J connectivity index is 3.10. The predicted molar refractivity (Wildman–Crippen MR) is 49.9 cm³/mol. The summed E-state index contributed by atoms with van der Waals surface area (Å²) < 4.78 is 10.1. The van der Waals surface area contributed by atoms with Gasteiger partial charge in [-0.1, -0.05) is 0 Å². The average molecular weight is 182 g/mol. The van der Waals surface area contributed by atoms with Crippen molar-refractivity contribution < 1.29 is 9.47 Å². The van der Waals surface area contributed by atoms with Gasteiger partial charge < -0.3 is 15.2 Å². The van der Waals surface area contributed by atoms with Crippen LogP contribution in [-0.4, -0.2) is 19.2 Å². The molecule has 1 atom stereocenters. The van der Waals surface area contributed by atoms with Crippen molar-refractivity contribution in [2.75, 3.05) is 14.2 Å². The van der Waals surface area contributed by atoms with Crippen molar-refractivity contribution in [3.05, 3.63) is 17.8 Å². The molecule has 0 aliphatic carbocycles. The Morgan fingerprint density at radius 2 is 2.08 bits per heavy atom. The minimum atomic E-state index is -0.0909. The van der Waals surface area contributed by atoms with Gasteiger partial charge in [0, 0.05) is 17.7 Å². The van der Waals surface area contributed by atoms with Crippen LogP contribution >= 0.6 is 0 Å². The smallest absolute Gasteiger partial charge is 0.213 e. The number of methoxy groups -OCH3 is 2. The van der Waals surface area contributed by atoms with Gasteiger partial charge in [-0.05, 0) is 6.92 Å². The summed E-state index contributed by atoms with van der Waals surface area (Å²) in [5, 5.41) is 0. The third-order valence-electron chi connectivity index (χ3n) is 1.79. The number of pyridine rings is 1. The predicted octanol–water partition coefficient (Wildman–Crippen LogP) is 1.12. The Kier molecular flexibility index (Phi) is 3.08. The van der Waals surface area contributed by atoms with Crippen LogP contribution in [0.3, 0.4) is 0 Å². The molecule has 0 radical (unpaired) electrons. The molecule has 0 bridgehead atoms. The van der Waals surface area contributed by atoms with Crippen molar-refractivity contribution >= 4 is 0 Å². The second-order valence-corrected chi connectivity index (χ2v) is 2.76. The molecule has 72 valence electrons. The van der Waals surface area contributed by atoms with Crippen LogP contribution in [0.1, 0.15) is 18.5 Å². The van der Waals surface area contributed by atoms with Gasteiger partial charge in [-0.15, -0.1) is 0 Å². The van der Waals surface area contributed by atoms with E-state index in [1.54, 1.807) is 26.5 Å². The number of aromatic nitrogens is 1. The standard InChI is InChI=1S/C9H14N2O2/c1-6(10)7-4-9(13-3)11-5-8(7)12-2/h4-6H,10H2,1-3H3. The molecule has 1 aromatic heterocycles. The van der Waals surface area contributed by atoms with Crippen LogP contribution in [0.4, 0.5) is 0 Å². The van der Waals surface area contributed by atoms with E-state index in [0.717, 1.165) is 5.56 Å². The largest absolute Gasteiger partial charge is 0.495 e. The van der Waals surface area contributed by atoms with E-state index >= 15 is 0 Å². The van der Waals surface area contributed by atoms with Crippen LogP contribution in [0.25, 0.3) is 0 Å². The second-order valence-electron chi connectivity index (χ2n) is 2.76. The molecule has 1 unspecified atom stereocenters. The van der Waals surface area contributed by atoms with Crippen molar-refractivity contribution in [2.24, 2.45) is 5.73 Å². The maximum atomic E-state index is 5.75. The molecule has 0 fully saturated rings. The quantitative estimate of drug-likeness (QED) is 0.761. The number of nitrogens with zero attached hydrogens (tertiary/aromatic N) is 1. The van der Waals surface area contributed by atoms with E-state index in [1.165, 1.54) is 0 Å². The fraction of sp³-hybridized carbons (Fsp3) is 0.444. The Morgan fingerprint density at radius 1 is 1.38 bits per heavy atom. The molecule has 2 N–H and O–H groups in total. The number of nitrogens with two attached hydrogens (primary N) is 1. The van der Waals surface area contributed by atoms with Gasteiger partial charge in [0.15, 0.2) is 0 Å². The molecule has 13 heavy (non-hydrogen) atoms. The first-order chi connectivity index (χ1) is 6.19. The Hall–Kier alpha value is -1.29. The summed E-state index contributed by atoms with van der Waals surface area (Å²) in [6.07, 6.45) is 1.61. The fourth-order valence-corrected chi connectivity index (χ4v) is 1.08. The molecule has 0 spiro atoms. The van der Waals surface area contributed by atoms with Crippen molar-refractivity contribution in [1.29, 1.82) is 0 Å². The van der Waals surface area contributed by atoms with Crippen molar-refractivity contribution in [2.45, 2.75) is 13.0 Å².